The van der Waals surface area contributed by atoms with Gasteiger partial charge in [0.2, 0.25) is 0 Å². The van der Waals surface area contributed by atoms with E-state index in [1.165, 1.54) is 0 Å². The zero-order valence-electron chi connectivity index (χ0n) is 14.0. The Labute approximate surface area is 129 Å². The number of likely N-dealkylation sites (N-methyl/N-ethyl adjacent to an activating group) is 1. The molecule has 21 heavy (non-hydrogen) atoms. The Morgan fingerprint density at radius 2 is 1.95 bits per heavy atom. The van der Waals surface area contributed by atoms with Crippen LogP contribution in [-0.2, 0) is 12.0 Å². The molecule has 1 aromatic heterocycles. The third kappa shape index (κ3) is 5.45. The van der Waals surface area contributed by atoms with Crippen molar-refractivity contribution in [3.63, 3.8) is 0 Å². The van der Waals surface area contributed by atoms with Gasteiger partial charge in [0.15, 0.2) is 0 Å². The summed E-state index contributed by atoms with van der Waals surface area (Å²) in [6.45, 7) is 15.5. The zero-order chi connectivity index (χ0) is 15.9. The van der Waals surface area contributed by atoms with Crippen LogP contribution in [0.4, 0.5) is 0 Å². The molecule has 0 bridgehead atoms. The van der Waals surface area contributed by atoms with Gasteiger partial charge in [0.05, 0.1) is 11.3 Å². The number of hydrogen-bond acceptors (Lipinski definition) is 4. The molecule has 0 fully saturated rings. The molecule has 0 aliphatic heterocycles. The maximum Gasteiger partial charge on any atom is 0.101 e. The molecule has 116 valence electrons. The lowest BCUT2D eigenvalue weighted by atomic mass is 9.88. The van der Waals surface area contributed by atoms with E-state index in [0.717, 1.165) is 44.0 Å². The first-order valence-corrected chi connectivity index (χ1v) is 7.74. The third-order valence-corrected chi connectivity index (χ3v) is 3.60. The van der Waals surface area contributed by atoms with Crippen molar-refractivity contribution in [1.82, 2.24) is 15.2 Å². The van der Waals surface area contributed by atoms with Crippen molar-refractivity contribution in [2.75, 3.05) is 26.2 Å². The normalized spacial score (nSPS) is 11.7. The van der Waals surface area contributed by atoms with Gasteiger partial charge in [-0.15, -0.1) is 0 Å². The second-order valence-corrected chi connectivity index (χ2v) is 6.31. The van der Waals surface area contributed by atoms with Gasteiger partial charge in [0.1, 0.15) is 6.07 Å². The third-order valence-electron chi connectivity index (χ3n) is 3.60. The Morgan fingerprint density at radius 3 is 2.48 bits per heavy atom. The Kier molecular flexibility index (Phi) is 6.80. The SMILES string of the molecule is CCN(CC)CCNCc1cnc(C(C)(C)C)c(C#N)c1. The van der Waals surface area contributed by atoms with Crippen molar-refractivity contribution in [3.8, 4) is 6.07 Å². The van der Waals surface area contributed by atoms with E-state index in [1.54, 1.807) is 0 Å². The second-order valence-electron chi connectivity index (χ2n) is 6.31. The minimum atomic E-state index is -0.0974. The molecule has 0 radical (unpaired) electrons. The number of nitrogens with zero attached hydrogens (tertiary/aromatic N) is 3. The van der Waals surface area contributed by atoms with Crippen molar-refractivity contribution in [2.45, 2.75) is 46.6 Å². The summed E-state index contributed by atoms with van der Waals surface area (Å²) in [5, 5.41) is 12.7. The first kappa shape index (κ1) is 17.6. The zero-order valence-corrected chi connectivity index (χ0v) is 14.0. The number of pyridine rings is 1. The fourth-order valence-electron chi connectivity index (χ4n) is 2.30. The van der Waals surface area contributed by atoms with E-state index in [9.17, 15) is 5.26 Å². The highest BCUT2D eigenvalue weighted by atomic mass is 15.1. The van der Waals surface area contributed by atoms with E-state index in [2.05, 4.69) is 55.9 Å². The van der Waals surface area contributed by atoms with Crippen LogP contribution in [0.1, 0.15) is 51.4 Å². The maximum absolute atomic E-state index is 9.30. The van der Waals surface area contributed by atoms with Gasteiger partial charge in [-0.2, -0.15) is 5.26 Å². The lowest BCUT2D eigenvalue weighted by Crippen LogP contribution is -2.31. The molecule has 4 heteroatoms. The highest BCUT2D eigenvalue weighted by Crippen LogP contribution is 2.23. The maximum atomic E-state index is 9.30. The van der Waals surface area contributed by atoms with E-state index in [-0.39, 0.29) is 5.41 Å². The molecule has 0 saturated heterocycles. The number of aromatic nitrogens is 1. The fraction of sp³-hybridized carbons (Fsp3) is 0.647. The average molecular weight is 288 g/mol. The highest BCUT2D eigenvalue weighted by molar-refractivity contribution is 5.39. The summed E-state index contributed by atoms with van der Waals surface area (Å²) < 4.78 is 0. The van der Waals surface area contributed by atoms with Crippen LogP contribution in [0.25, 0.3) is 0 Å². The standard InChI is InChI=1S/C17H28N4/c1-6-21(7-2)9-8-19-12-14-10-15(11-18)16(20-13-14)17(3,4)5/h10,13,19H,6-9,12H2,1-5H3. The molecule has 0 aromatic carbocycles. The molecule has 1 N–H and O–H groups in total. The van der Waals surface area contributed by atoms with Crippen molar-refractivity contribution < 1.29 is 0 Å². The molecule has 0 spiro atoms. The van der Waals surface area contributed by atoms with E-state index in [1.807, 2.05) is 12.3 Å². The molecule has 1 heterocycles. The molecular formula is C17H28N4. The van der Waals surface area contributed by atoms with Gasteiger partial charge in [-0.05, 0) is 24.7 Å². The van der Waals surface area contributed by atoms with Gasteiger partial charge < -0.3 is 10.2 Å². The van der Waals surface area contributed by atoms with Crippen LogP contribution in [0.15, 0.2) is 12.3 Å². The Balaban J connectivity index is 2.60. The number of nitrogens with one attached hydrogen (secondary N) is 1. The molecule has 0 atom stereocenters. The van der Waals surface area contributed by atoms with Crippen molar-refractivity contribution in [2.24, 2.45) is 0 Å². The Morgan fingerprint density at radius 1 is 1.29 bits per heavy atom. The molecule has 4 nitrogen and oxygen atoms in total. The molecule has 0 unspecified atom stereocenters. The average Bonchev–Trinajstić information content (AvgIpc) is 2.46. The van der Waals surface area contributed by atoms with E-state index >= 15 is 0 Å². The first-order chi connectivity index (χ1) is 9.92. The molecule has 0 saturated carbocycles. The summed E-state index contributed by atoms with van der Waals surface area (Å²) in [4.78, 5) is 6.88. The molecule has 0 amide bonds. The van der Waals surface area contributed by atoms with E-state index in [0.29, 0.717) is 5.56 Å². The molecule has 1 rings (SSSR count). The topological polar surface area (TPSA) is 52.0 Å². The van der Waals surface area contributed by atoms with Crippen molar-refractivity contribution >= 4 is 0 Å². The molecule has 0 aliphatic carbocycles. The van der Waals surface area contributed by atoms with Crippen molar-refractivity contribution in [3.05, 3.63) is 29.1 Å². The Hall–Kier alpha value is -1.44. The van der Waals surface area contributed by atoms with E-state index in [4.69, 9.17) is 0 Å². The van der Waals surface area contributed by atoms with Gasteiger partial charge in [0.25, 0.3) is 0 Å². The predicted octanol–water partition coefficient (Wildman–Crippen LogP) is 2.68. The lowest BCUT2D eigenvalue weighted by Gasteiger charge is -2.20. The van der Waals surface area contributed by atoms with Crippen LogP contribution in [0.5, 0.6) is 0 Å². The van der Waals surface area contributed by atoms with Gasteiger partial charge in [-0.3, -0.25) is 4.98 Å². The minimum Gasteiger partial charge on any atom is -0.311 e. The summed E-state index contributed by atoms with van der Waals surface area (Å²) in [5.41, 5.74) is 2.53. The van der Waals surface area contributed by atoms with Crippen LogP contribution in [0.3, 0.4) is 0 Å². The predicted molar refractivity (Wildman–Crippen MR) is 87.1 cm³/mol. The summed E-state index contributed by atoms with van der Waals surface area (Å²) in [6.07, 6.45) is 1.88. The monoisotopic (exact) mass is 288 g/mol. The Bertz CT molecular complexity index is 479. The first-order valence-electron chi connectivity index (χ1n) is 7.74. The van der Waals surface area contributed by atoms with Gasteiger partial charge in [-0.1, -0.05) is 34.6 Å². The lowest BCUT2D eigenvalue weighted by molar-refractivity contribution is 0.302. The van der Waals surface area contributed by atoms with Crippen LogP contribution in [0, 0.1) is 11.3 Å². The van der Waals surface area contributed by atoms with Crippen molar-refractivity contribution in [1.29, 1.82) is 5.26 Å². The highest BCUT2D eigenvalue weighted by Gasteiger charge is 2.19. The fourth-order valence-corrected chi connectivity index (χ4v) is 2.30. The van der Waals surface area contributed by atoms with Crippen LogP contribution < -0.4 is 5.32 Å². The minimum absolute atomic E-state index is 0.0974. The van der Waals surface area contributed by atoms with Crippen LogP contribution in [-0.4, -0.2) is 36.1 Å². The van der Waals surface area contributed by atoms with Crippen LogP contribution >= 0.6 is 0 Å². The quantitative estimate of drug-likeness (QED) is 0.784. The van der Waals surface area contributed by atoms with Crippen LogP contribution in [0.2, 0.25) is 0 Å². The molecular weight excluding hydrogens is 260 g/mol. The van der Waals surface area contributed by atoms with E-state index < -0.39 is 0 Å². The molecule has 0 aliphatic rings. The van der Waals surface area contributed by atoms with Gasteiger partial charge in [-0.25, -0.2) is 0 Å². The van der Waals surface area contributed by atoms with Gasteiger partial charge >= 0.3 is 0 Å². The molecule has 1 aromatic rings. The summed E-state index contributed by atoms with van der Waals surface area (Å²) in [7, 11) is 0. The summed E-state index contributed by atoms with van der Waals surface area (Å²) >= 11 is 0. The number of rotatable bonds is 7. The number of hydrogen-bond donors (Lipinski definition) is 1. The largest absolute Gasteiger partial charge is 0.311 e. The second kappa shape index (κ2) is 8.11. The number of nitriles is 1. The smallest absolute Gasteiger partial charge is 0.101 e. The van der Waals surface area contributed by atoms with Gasteiger partial charge in [0, 0.05) is 31.2 Å². The summed E-state index contributed by atoms with van der Waals surface area (Å²) in [5.74, 6) is 0. The summed E-state index contributed by atoms with van der Waals surface area (Å²) in [6, 6.07) is 4.23.